The molecule has 0 N–H and O–H groups in total. The molecule has 0 unspecified atom stereocenters. The van der Waals surface area contributed by atoms with Gasteiger partial charge in [0, 0.05) is 17.8 Å². The summed E-state index contributed by atoms with van der Waals surface area (Å²) in [6.07, 6.45) is 0. The lowest BCUT2D eigenvalue weighted by atomic mass is 10.1. The number of benzene rings is 2. The lowest BCUT2D eigenvalue weighted by Gasteiger charge is -2.27. The average molecular weight is 374 g/mol. The van der Waals surface area contributed by atoms with Gasteiger partial charge in [0.2, 0.25) is 11.5 Å². The van der Waals surface area contributed by atoms with Crippen molar-refractivity contribution in [1.82, 2.24) is 0 Å². The zero-order valence-corrected chi connectivity index (χ0v) is 15.9. The van der Waals surface area contributed by atoms with Gasteiger partial charge in [-0.3, -0.25) is 14.9 Å². The van der Waals surface area contributed by atoms with Gasteiger partial charge in [-0.15, -0.1) is 0 Å². The Balaban J connectivity index is 2.75. The zero-order chi connectivity index (χ0) is 20.1. The largest absolute Gasteiger partial charge is 0.493 e. The smallest absolute Gasteiger partial charge is 0.327 e. The van der Waals surface area contributed by atoms with Gasteiger partial charge < -0.3 is 19.1 Å². The molecule has 144 valence electrons. The molecule has 0 spiro atoms. The van der Waals surface area contributed by atoms with E-state index in [1.165, 1.54) is 32.3 Å². The van der Waals surface area contributed by atoms with Crippen molar-refractivity contribution >= 4 is 17.3 Å². The second-order valence-corrected chi connectivity index (χ2v) is 5.90. The van der Waals surface area contributed by atoms with Crippen molar-refractivity contribution in [3.63, 3.8) is 0 Å². The maximum absolute atomic E-state index is 13.3. The van der Waals surface area contributed by atoms with Crippen LogP contribution in [0, 0.1) is 10.1 Å². The maximum Gasteiger partial charge on any atom is 0.327 e. The van der Waals surface area contributed by atoms with E-state index >= 15 is 0 Å². The monoisotopic (exact) mass is 374 g/mol. The Morgan fingerprint density at radius 1 is 1.04 bits per heavy atom. The van der Waals surface area contributed by atoms with E-state index in [-0.39, 0.29) is 28.9 Å². The van der Waals surface area contributed by atoms with E-state index in [0.717, 1.165) is 0 Å². The quantitative estimate of drug-likeness (QED) is 0.542. The molecule has 0 bridgehead atoms. The highest BCUT2D eigenvalue weighted by Crippen LogP contribution is 2.46. The van der Waals surface area contributed by atoms with Crippen LogP contribution in [0.3, 0.4) is 0 Å². The summed E-state index contributed by atoms with van der Waals surface area (Å²) < 4.78 is 15.6. The minimum absolute atomic E-state index is 0.0547. The normalized spacial score (nSPS) is 10.4. The molecule has 8 nitrogen and oxygen atoms in total. The van der Waals surface area contributed by atoms with Crippen LogP contribution in [0.25, 0.3) is 0 Å². The van der Waals surface area contributed by atoms with E-state index in [2.05, 4.69) is 0 Å². The summed E-state index contributed by atoms with van der Waals surface area (Å²) in [5.74, 6) is -0.483. The summed E-state index contributed by atoms with van der Waals surface area (Å²) in [6, 6.07) is 10.0. The Morgan fingerprint density at radius 3 is 2.07 bits per heavy atom. The predicted octanol–water partition coefficient (Wildman–Crippen LogP) is 3.68. The molecule has 27 heavy (non-hydrogen) atoms. The predicted molar refractivity (Wildman–Crippen MR) is 101 cm³/mol. The molecule has 0 atom stereocenters. The summed E-state index contributed by atoms with van der Waals surface area (Å²) >= 11 is 0. The first-order chi connectivity index (χ1) is 12.9. The molecule has 0 heterocycles. The van der Waals surface area contributed by atoms with Crippen LogP contribution < -0.4 is 19.1 Å². The number of hydrogen-bond acceptors (Lipinski definition) is 6. The van der Waals surface area contributed by atoms with Crippen LogP contribution in [0.15, 0.2) is 36.4 Å². The molecule has 0 radical (unpaired) electrons. The molecule has 0 aliphatic heterocycles. The highest BCUT2D eigenvalue weighted by atomic mass is 16.6. The highest BCUT2D eigenvalue weighted by Gasteiger charge is 2.35. The van der Waals surface area contributed by atoms with E-state index in [0.29, 0.717) is 5.69 Å². The summed E-state index contributed by atoms with van der Waals surface area (Å²) in [4.78, 5) is 25.9. The number of carbonyl (C=O) groups is 1. The molecule has 2 aromatic rings. The third kappa shape index (κ3) is 3.79. The molecule has 0 aromatic heterocycles. The van der Waals surface area contributed by atoms with Crippen molar-refractivity contribution in [2.24, 2.45) is 0 Å². The van der Waals surface area contributed by atoms with Crippen molar-refractivity contribution in [3.8, 4) is 17.2 Å². The lowest BCUT2D eigenvalue weighted by molar-refractivity contribution is -0.386. The van der Waals surface area contributed by atoms with Crippen LogP contribution in [0.4, 0.5) is 11.4 Å². The number of methoxy groups -OCH3 is 3. The van der Waals surface area contributed by atoms with Crippen molar-refractivity contribution < 1.29 is 23.9 Å². The van der Waals surface area contributed by atoms with E-state index < -0.39 is 16.5 Å². The molecular weight excluding hydrogens is 352 g/mol. The molecule has 0 saturated carbocycles. The Kier molecular flexibility index (Phi) is 6.23. The Morgan fingerprint density at radius 2 is 1.63 bits per heavy atom. The number of para-hydroxylation sites is 1. The van der Waals surface area contributed by atoms with Crippen LogP contribution in [0.5, 0.6) is 17.2 Å². The van der Waals surface area contributed by atoms with Crippen LogP contribution in [0.2, 0.25) is 0 Å². The average Bonchev–Trinajstić information content (AvgIpc) is 2.66. The maximum atomic E-state index is 13.3. The molecule has 0 saturated heterocycles. The number of amides is 1. The van der Waals surface area contributed by atoms with Gasteiger partial charge in [-0.2, -0.15) is 0 Å². The fourth-order valence-corrected chi connectivity index (χ4v) is 2.85. The standard InChI is InChI=1S/C19H22N2O6/c1-12(2)20(13-9-7-6-8-10-13)19(22)14-11-15(25-3)17(26-4)18(27-5)16(14)21(23)24/h6-12H,1-5H3. The minimum Gasteiger partial charge on any atom is -0.493 e. The fourth-order valence-electron chi connectivity index (χ4n) is 2.85. The molecule has 0 aliphatic rings. The van der Waals surface area contributed by atoms with Gasteiger partial charge in [-0.05, 0) is 26.0 Å². The molecular formula is C19H22N2O6. The van der Waals surface area contributed by atoms with Crippen molar-refractivity contribution in [2.45, 2.75) is 19.9 Å². The van der Waals surface area contributed by atoms with Crippen LogP contribution in [0.1, 0.15) is 24.2 Å². The summed E-state index contributed by atoms with van der Waals surface area (Å²) in [5, 5.41) is 11.8. The van der Waals surface area contributed by atoms with E-state index in [1.54, 1.807) is 24.3 Å². The number of rotatable bonds is 7. The number of nitro groups is 1. The Hall–Kier alpha value is -3.29. The third-order valence-electron chi connectivity index (χ3n) is 3.99. The van der Waals surface area contributed by atoms with Crippen LogP contribution in [-0.2, 0) is 0 Å². The Labute approximate surface area is 157 Å². The zero-order valence-electron chi connectivity index (χ0n) is 15.9. The molecule has 0 aliphatic carbocycles. The summed E-state index contributed by atoms with van der Waals surface area (Å²) in [5.41, 5.74) is 0.00864. The molecule has 2 aromatic carbocycles. The van der Waals surface area contributed by atoms with E-state index in [9.17, 15) is 14.9 Å². The fraction of sp³-hybridized carbons (Fsp3) is 0.316. The summed E-state index contributed by atoms with van der Waals surface area (Å²) in [7, 11) is 4.00. The van der Waals surface area contributed by atoms with Gasteiger partial charge in [-0.25, -0.2) is 0 Å². The third-order valence-corrected chi connectivity index (χ3v) is 3.99. The topological polar surface area (TPSA) is 91.1 Å². The van der Waals surface area contributed by atoms with Gasteiger partial charge in [0.05, 0.1) is 26.3 Å². The first-order valence-electron chi connectivity index (χ1n) is 8.23. The number of carbonyl (C=O) groups excluding carboxylic acids is 1. The molecule has 8 heteroatoms. The lowest BCUT2D eigenvalue weighted by Crippen LogP contribution is -2.37. The van der Waals surface area contributed by atoms with Gasteiger partial charge in [0.1, 0.15) is 5.56 Å². The van der Waals surface area contributed by atoms with E-state index in [1.807, 2.05) is 19.9 Å². The van der Waals surface area contributed by atoms with Gasteiger partial charge >= 0.3 is 5.69 Å². The first kappa shape index (κ1) is 20.0. The summed E-state index contributed by atoms with van der Waals surface area (Å²) in [6.45, 7) is 3.66. The van der Waals surface area contributed by atoms with Gasteiger partial charge in [0.15, 0.2) is 5.75 Å². The van der Waals surface area contributed by atoms with Gasteiger partial charge in [0.25, 0.3) is 5.91 Å². The number of ether oxygens (including phenoxy) is 3. The number of nitrogens with zero attached hydrogens (tertiary/aromatic N) is 2. The number of nitro benzene ring substituents is 1. The van der Waals surface area contributed by atoms with Crippen LogP contribution >= 0.6 is 0 Å². The highest BCUT2D eigenvalue weighted by molar-refractivity contribution is 6.10. The molecule has 1 amide bonds. The number of hydrogen-bond donors (Lipinski definition) is 0. The minimum atomic E-state index is -0.655. The first-order valence-corrected chi connectivity index (χ1v) is 8.23. The Bertz CT molecular complexity index is 836. The van der Waals surface area contributed by atoms with Crippen molar-refractivity contribution in [1.29, 1.82) is 0 Å². The SMILES string of the molecule is COc1cc(C(=O)N(c2ccccc2)C(C)C)c([N+](=O)[O-])c(OC)c1OC. The molecule has 2 rings (SSSR count). The van der Waals surface area contributed by atoms with Gasteiger partial charge in [-0.1, -0.05) is 18.2 Å². The number of anilines is 1. The van der Waals surface area contributed by atoms with Crippen molar-refractivity contribution in [3.05, 3.63) is 52.1 Å². The van der Waals surface area contributed by atoms with Crippen molar-refractivity contribution in [2.75, 3.05) is 26.2 Å². The second-order valence-electron chi connectivity index (χ2n) is 5.90. The molecule has 0 fully saturated rings. The van der Waals surface area contributed by atoms with E-state index in [4.69, 9.17) is 14.2 Å². The second kappa shape index (κ2) is 8.39. The van der Waals surface area contributed by atoms with Crippen LogP contribution in [-0.4, -0.2) is 38.2 Å².